The van der Waals surface area contributed by atoms with Gasteiger partial charge in [-0.2, -0.15) is 0 Å². The van der Waals surface area contributed by atoms with Crippen LogP contribution in [0.5, 0.6) is 0 Å². The number of nitrogens with two attached hydrogens (primary N) is 1. The maximum absolute atomic E-state index is 12.9. The SMILES string of the molecule is CC[C@H]1C[C@@H](C)C(=O)/C=C/C(C)=C/[C@H](N)[C@@H](CC)OC(=O)C[C@@H](O)[C@H](C)[C@H]1OC1OC(C)C(O)CC1O. The van der Waals surface area contributed by atoms with E-state index in [1.807, 2.05) is 27.7 Å². The number of hydrogen-bond donors (Lipinski definition) is 4. The molecule has 0 radical (unpaired) electrons. The number of aliphatic hydroxyl groups is 3. The summed E-state index contributed by atoms with van der Waals surface area (Å²) in [5, 5.41) is 31.7. The largest absolute Gasteiger partial charge is 0.460 e. The van der Waals surface area contributed by atoms with Crippen LogP contribution < -0.4 is 5.73 Å². The fraction of sp³-hybridized carbons (Fsp3) is 0.786. The van der Waals surface area contributed by atoms with Gasteiger partial charge in [-0.15, -0.1) is 0 Å². The van der Waals surface area contributed by atoms with Crippen molar-refractivity contribution in [1.82, 2.24) is 0 Å². The molecule has 0 aromatic heterocycles. The lowest BCUT2D eigenvalue weighted by Gasteiger charge is -2.41. The molecule has 0 bridgehead atoms. The maximum Gasteiger partial charge on any atom is 0.308 e. The molecule has 0 saturated carbocycles. The van der Waals surface area contributed by atoms with Crippen molar-refractivity contribution in [3.8, 4) is 0 Å². The van der Waals surface area contributed by atoms with Crippen molar-refractivity contribution in [2.45, 2.75) is 123 Å². The van der Waals surface area contributed by atoms with E-state index in [1.165, 1.54) is 0 Å². The normalized spacial score (nSPS) is 43.5. The predicted molar refractivity (Wildman–Crippen MR) is 139 cm³/mol. The zero-order chi connectivity index (χ0) is 27.9. The molecule has 9 heteroatoms. The Morgan fingerprint density at radius 1 is 1.00 bits per heavy atom. The first-order chi connectivity index (χ1) is 17.4. The molecule has 0 aromatic carbocycles. The number of carbonyl (C=O) groups is 2. The number of esters is 1. The predicted octanol–water partition coefficient (Wildman–Crippen LogP) is 2.40. The molecule has 0 aromatic rings. The van der Waals surface area contributed by atoms with Crippen LogP contribution in [0.15, 0.2) is 23.8 Å². The van der Waals surface area contributed by atoms with Gasteiger partial charge < -0.3 is 35.3 Å². The Labute approximate surface area is 221 Å². The third-order valence-corrected chi connectivity index (χ3v) is 7.69. The molecule has 0 aliphatic carbocycles. The maximum atomic E-state index is 12.9. The van der Waals surface area contributed by atoms with Gasteiger partial charge in [0.2, 0.25) is 0 Å². The molecule has 11 atom stereocenters. The number of aliphatic hydroxyl groups excluding tert-OH is 3. The van der Waals surface area contributed by atoms with E-state index in [0.29, 0.717) is 19.3 Å². The third-order valence-electron chi connectivity index (χ3n) is 7.69. The Morgan fingerprint density at radius 2 is 1.68 bits per heavy atom. The number of hydrogen-bond acceptors (Lipinski definition) is 9. The van der Waals surface area contributed by atoms with E-state index in [9.17, 15) is 24.9 Å². The second-order valence-electron chi connectivity index (χ2n) is 10.8. The van der Waals surface area contributed by atoms with Crippen molar-refractivity contribution in [1.29, 1.82) is 0 Å². The highest BCUT2D eigenvalue weighted by atomic mass is 16.7. The third kappa shape index (κ3) is 8.97. The van der Waals surface area contributed by atoms with E-state index in [2.05, 4.69) is 0 Å². The minimum Gasteiger partial charge on any atom is -0.460 e. The van der Waals surface area contributed by atoms with Crippen molar-refractivity contribution in [3.05, 3.63) is 23.8 Å². The average Bonchev–Trinajstić information content (AvgIpc) is 2.84. The lowest BCUT2D eigenvalue weighted by Crippen LogP contribution is -2.51. The Morgan fingerprint density at radius 3 is 2.30 bits per heavy atom. The smallest absolute Gasteiger partial charge is 0.308 e. The second-order valence-corrected chi connectivity index (χ2v) is 10.8. The highest BCUT2D eigenvalue weighted by Crippen LogP contribution is 2.33. The standard InChI is InChI=1S/C28H47NO8/c1-7-19-12-16(4)21(30)10-9-15(3)11-20(29)25(8-2)36-26(34)14-22(31)17(5)27(19)37-28-24(33)13-23(32)18(6)35-28/h9-11,16-20,22-25,27-28,31-33H,7-8,12-14,29H2,1-6H3/b10-9+,15-11+/t16-,17+,18?,19+,20+,22-,23?,24?,25-,27-,28?/m1/s1. The number of ketones is 1. The van der Waals surface area contributed by atoms with Crippen molar-refractivity contribution >= 4 is 11.8 Å². The lowest BCUT2D eigenvalue weighted by molar-refractivity contribution is -0.289. The van der Waals surface area contributed by atoms with E-state index >= 15 is 0 Å². The van der Waals surface area contributed by atoms with Crippen molar-refractivity contribution < 1.29 is 39.1 Å². The Bertz CT molecular complexity index is 814. The van der Waals surface area contributed by atoms with Crippen LogP contribution in [0.4, 0.5) is 0 Å². The Hall–Kier alpha value is -1.62. The molecule has 1 fully saturated rings. The van der Waals surface area contributed by atoms with Crippen LogP contribution in [0.2, 0.25) is 0 Å². The van der Waals surface area contributed by atoms with Gasteiger partial charge in [-0.05, 0) is 38.7 Å². The topological polar surface area (TPSA) is 149 Å². The molecule has 1 saturated heterocycles. The minimum atomic E-state index is -1.10. The van der Waals surface area contributed by atoms with Crippen LogP contribution in [-0.2, 0) is 23.8 Å². The van der Waals surface area contributed by atoms with E-state index in [4.69, 9.17) is 19.9 Å². The van der Waals surface area contributed by atoms with Gasteiger partial charge in [-0.3, -0.25) is 9.59 Å². The molecule has 2 aliphatic rings. The molecule has 0 amide bonds. The molecule has 2 heterocycles. The van der Waals surface area contributed by atoms with Gasteiger partial charge in [-0.1, -0.05) is 51.8 Å². The number of rotatable bonds is 4. The number of allylic oxidation sites excluding steroid dienone is 3. The van der Waals surface area contributed by atoms with Gasteiger partial charge in [0.1, 0.15) is 12.2 Å². The monoisotopic (exact) mass is 525 g/mol. The molecule has 4 unspecified atom stereocenters. The first kappa shape index (κ1) is 31.6. The molecule has 5 N–H and O–H groups in total. The molecular formula is C28H47NO8. The van der Waals surface area contributed by atoms with Crippen LogP contribution in [0.1, 0.15) is 73.6 Å². The van der Waals surface area contributed by atoms with Gasteiger partial charge >= 0.3 is 5.97 Å². The molecule has 0 spiro atoms. The zero-order valence-corrected chi connectivity index (χ0v) is 23.1. The summed E-state index contributed by atoms with van der Waals surface area (Å²) in [6, 6.07) is -0.559. The quantitative estimate of drug-likeness (QED) is 0.406. The summed E-state index contributed by atoms with van der Waals surface area (Å²) in [6.45, 7) is 11.0. The van der Waals surface area contributed by atoms with Crippen molar-refractivity contribution in [2.24, 2.45) is 23.5 Å². The first-order valence-electron chi connectivity index (χ1n) is 13.6. The lowest BCUT2D eigenvalue weighted by atomic mass is 9.80. The number of cyclic esters (lactones) is 1. The van der Waals surface area contributed by atoms with Gasteiger partial charge in [-0.25, -0.2) is 0 Å². The molecule has 2 aliphatic heterocycles. The molecular weight excluding hydrogens is 478 g/mol. The Kier molecular flexibility index (Phi) is 12.4. The summed E-state index contributed by atoms with van der Waals surface area (Å²) in [5.74, 6) is -1.64. The van der Waals surface area contributed by atoms with Crippen LogP contribution in [0.25, 0.3) is 0 Å². The highest BCUT2D eigenvalue weighted by Gasteiger charge is 2.41. The van der Waals surface area contributed by atoms with E-state index in [0.717, 1.165) is 5.57 Å². The molecule has 37 heavy (non-hydrogen) atoms. The summed E-state index contributed by atoms with van der Waals surface area (Å²) >= 11 is 0. The van der Waals surface area contributed by atoms with E-state index in [1.54, 1.807) is 32.1 Å². The van der Waals surface area contributed by atoms with Gasteiger partial charge in [0.15, 0.2) is 12.1 Å². The van der Waals surface area contributed by atoms with Gasteiger partial charge in [0, 0.05) is 18.3 Å². The molecule has 9 nitrogen and oxygen atoms in total. The van der Waals surface area contributed by atoms with E-state index < -0.39 is 60.8 Å². The van der Waals surface area contributed by atoms with Crippen LogP contribution in [-0.4, -0.2) is 76.0 Å². The summed E-state index contributed by atoms with van der Waals surface area (Å²) < 4.78 is 17.7. The van der Waals surface area contributed by atoms with Crippen LogP contribution >= 0.6 is 0 Å². The first-order valence-corrected chi connectivity index (χ1v) is 13.6. The Balaban J connectivity index is 2.40. The van der Waals surface area contributed by atoms with Gasteiger partial charge in [0.25, 0.3) is 0 Å². The highest BCUT2D eigenvalue weighted by molar-refractivity contribution is 5.91. The fourth-order valence-corrected chi connectivity index (χ4v) is 5.06. The zero-order valence-electron chi connectivity index (χ0n) is 23.1. The van der Waals surface area contributed by atoms with Gasteiger partial charge in [0.05, 0.1) is 36.9 Å². The molecule has 212 valence electrons. The number of ether oxygens (including phenoxy) is 3. The van der Waals surface area contributed by atoms with Crippen molar-refractivity contribution in [2.75, 3.05) is 0 Å². The summed E-state index contributed by atoms with van der Waals surface area (Å²) in [7, 11) is 0. The fourth-order valence-electron chi connectivity index (χ4n) is 5.06. The summed E-state index contributed by atoms with van der Waals surface area (Å²) in [4.78, 5) is 25.7. The van der Waals surface area contributed by atoms with Crippen LogP contribution in [0.3, 0.4) is 0 Å². The average molecular weight is 526 g/mol. The summed E-state index contributed by atoms with van der Waals surface area (Å²) in [6.07, 6.45) is 0.783. The van der Waals surface area contributed by atoms with E-state index in [-0.39, 0.29) is 30.5 Å². The second kappa shape index (κ2) is 14.5. The molecule has 2 rings (SSSR count). The summed E-state index contributed by atoms with van der Waals surface area (Å²) in [5.41, 5.74) is 7.05. The minimum absolute atomic E-state index is 0.0389. The number of carbonyl (C=O) groups excluding carboxylic acids is 2. The van der Waals surface area contributed by atoms with Crippen molar-refractivity contribution in [3.63, 3.8) is 0 Å². The van der Waals surface area contributed by atoms with Crippen LogP contribution in [0, 0.1) is 17.8 Å².